The van der Waals surface area contributed by atoms with Crippen molar-refractivity contribution in [2.45, 2.75) is 11.8 Å². The molecule has 0 fully saturated rings. The van der Waals surface area contributed by atoms with Gasteiger partial charge in [-0.25, -0.2) is 8.42 Å². The Bertz CT molecular complexity index is 714. The normalized spacial score (nSPS) is 11.3. The van der Waals surface area contributed by atoms with Crippen LogP contribution in [0, 0.1) is 6.92 Å². The lowest BCUT2D eigenvalue weighted by Gasteiger charge is -2.11. The first-order valence-electron chi connectivity index (χ1n) is 5.47. The number of benzene rings is 2. The Kier molecular flexibility index (Phi) is 3.82. The summed E-state index contributed by atoms with van der Waals surface area (Å²) in [4.78, 5) is 0.169. The zero-order valence-corrected chi connectivity index (χ0v) is 12.5. The van der Waals surface area contributed by atoms with Crippen LogP contribution in [0.25, 0.3) is 0 Å². The van der Waals surface area contributed by atoms with E-state index in [2.05, 4.69) is 20.7 Å². The van der Waals surface area contributed by atoms with E-state index >= 15 is 0 Å². The minimum Gasteiger partial charge on any atom is -0.508 e. The number of sulfonamides is 1. The van der Waals surface area contributed by atoms with Crippen molar-refractivity contribution in [1.29, 1.82) is 0 Å². The highest BCUT2D eigenvalue weighted by Gasteiger charge is 2.17. The molecule has 0 saturated carbocycles. The fraction of sp³-hybridized carbons (Fsp3) is 0.0769. The summed E-state index contributed by atoms with van der Waals surface area (Å²) in [6.45, 7) is 1.72. The molecule has 0 aliphatic heterocycles. The molecule has 0 amide bonds. The Balaban J connectivity index is 2.40. The average Bonchev–Trinajstić information content (AvgIpc) is 2.33. The highest BCUT2D eigenvalue weighted by atomic mass is 79.9. The average molecular weight is 342 g/mol. The molecule has 0 radical (unpaired) electrons. The molecule has 0 spiro atoms. The second-order valence-corrected chi connectivity index (χ2v) is 6.54. The summed E-state index contributed by atoms with van der Waals surface area (Å²) in [7, 11) is -3.66. The molecule has 100 valence electrons. The summed E-state index contributed by atoms with van der Waals surface area (Å²) < 4.78 is 27.5. The van der Waals surface area contributed by atoms with Crippen LogP contribution in [0.5, 0.6) is 5.75 Å². The van der Waals surface area contributed by atoms with Gasteiger partial charge in [0.2, 0.25) is 0 Å². The maximum atomic E-state index is 12.3. The van der Waals surface area contributed by atoms with E-state index in [-0.39, 0.29) is 10.6 Å². The monoisotopic (exact) mass is 341 g/mol. The molecule has 2 aromatic rings. The maximum absolute atomic E-state index is 12.3. The van der Waals surface area contributed by atoms with Crippen LogP contribution in [0.4, 0.5) is 5.69 Å². The molecule has 0 unspecified atom stereocenters. The maximum Gasteiger partial charge on any atom is 0.263 e. The Labute approximate surface area is 120 Å². The Morgan fingerprint density at radius 2 is 1.84 bits per heavy atom. The molecule has 6 heteroatoms. The van der Waals surface area contributed by atoms with E-state index in [4.69, 9.17) is 0 Å². The van der Waals surface area contributed by atoms with Crippen molar-refractivity contribution in [2.24, 2.45) is 0 Å². The lowest BCUT2D eigenvalue weighted by atomic mass is 10.2. The van der Waals surface area contributed by atoms with Crippen LogP contribution in [-0.4, -0.2) is 13.5 Å². The number of hydrogen-bond donors (Lipinski definition) is 2. The predicted octanol–water partition coefficient (Wildman–Crippen LogP) is 3.26. The highest BCUT2D eigenvalue weighted by molar-refractivity contribution is 9.10. The van der Waals surface area contributed by atoms with E-state index in [0.29, 0.717) is 15.7 Å². The van der Waals surface area contributed by atoms with E-state index in [9.17, 15) is 13.5 Å². The van der Waals surface area contributed by atoms with Gasteiger partial charge < -0.3 is 5.11 Å². The van der Waals surface area contributed by atoms with Gasteiger partial charge in [0.25, 0.3) is 10.0 Å². The van der Waals surface area contributed by atoms with E-state index in [1.54, 1.807) is 25.1 Å². The number of nitrogens with one attached hydrogen (secondary N) is 1. The number of halogens is 1. The fourth-order valence-corrected chi connectivity index (χ4v) is 3.76. The number of anilines is 1. The molecule has 19 heavy (non-hydrogen) atoms. The van der Waals surface area contributed by atoms with E-state index in [0.717, 1.165) is 0 Å². The zero-order valence-electron chi connectivity index (χ0n) is 10.1. The van der Waals surface area contributed by atoms with E-state index < -0.39 is 10.0 Å². The van der Waals surface area contributed by atoms with Gasteiger partial charge in [0.15, 0.2) is 0 Å². The first-order chi connectivity index (χ1) is 8.90. The lowest BCUT2D eigenvalue weighted by molar-refractivity contribution is 0.475. The second kappa shape index (κ2) is 5.22. The lowest BCUT2D eigenvalue weighted by Crippen LogP contribution is -2.14. The molecule has 2 rings (SSSR count). The first kappa shape index (κ1) is 13.9. The standard InChI is InChI=1S/C13H12BrNO3S/c1-9-8-10(16)6-7-12(9)15-19(17,18)13-5-3-2-4-11(13)14/h2-8,15-16H,1H3. The summed E-state index contributed by atoms with van der Waals surface area (Å²) in [6, 6.07) is 11.0. The molecule has 0 aliphatic carbocycles. The smallest absolute Gasteiger partial charge is 0.263 e. The van der Waals surface area contributed by atoms with Crippen molar-refractivity contribution in [3.8, 4) is 5.75 Å². The third kappa shape index (κ3) is 3.08. The van der Waals surface area contributed by atoms with Crippen LogP contribution < -0.4 is 4.72 Å². The molecule has 4 nitrogen and oxygen atoms in total. The van der Waals surface area contributed by atoms with Crippen LogP contribution in [0.3, 0.4) is 0 Å². The molecule has 0 atom stereocenters. The van der Waals surface area contributed by atoms with Gasteiger partial charge in [-0.2, -0.15) is 0 Å². The van der Waals surface area contributed by atoms with Crippen molar-refractivity contribution in [1.82, 2.24) is 0 Å². The molecule has 2 aromatic carbocycles. The van der Waals surface area contributed by atoms with Gasteiger partial charge in [-0.1, -0.05) is 12.1 Å². The first-order valence-corrected chi connectivity index (χ1v) is 7.75. The van der Waals surface area contributed by atoms with Gasteiger partial charge in [0.05, 0.1) is 5.69 Å². The van der Waals surface area contributed by atoms with Crippen LogP contribution in [0.2, 0.25) is 0 Å². The number of hydrogen-bond acceptors (Lipinski definition) is 3. The minimum absolute atomic E-state index is 0.0985. The van der Waals surface area contributed by atoms with Crippen LogP contribution in [0.1, 0.15) is 5.56 Å². The Hall–Kier alpha value is -1.53. The molecule has 0 bridgehead atoms. The predicted molar refractivity (Wildman–Crippen MR) is 77.8 cm³/mol. The van der Waals surface area contributed by atoms with Crippen molar-refractivity contribution in [2.75, 3.05) is 4.72 Å². The Morgan fingerprint density at radius 3 is 2.47 bits per heavy atom. The van der Waals surface area contributed by atoms with Crippen LogP contribution >= 0.6 is 15.9 Å². The molecule has 0 saturated heterocycles. The summed E-state index contributed by atoms with van der Waals surface area (Å²) in [5.74, 6) is 0.0985. The fourth-order valence-electron chi connectivity index (χ4n) is 1.62. The van der Waals surface area contributed by atoms with Gasteiger partial charge in [-0.3, -0.25) is 4.72 Å². The minimum atomic E-state index is -3.66. The number of aryl methyl sites for hydroxylation is 1. The van der Waals surface area contributed by atoms with Gasteiger partial charge in [0.1, 0.15) is 10.6 Å². The second-order valence-electron chi connectivity index (χ2n) is 4.04. The SMILES string of the molecule is Cc1cc(O)ccc1NS(=O)(=O)c1ccccc1Br. The van der Waals surface area contributed by atoms with Gasteiger partial charge in [0, 0.05) is 4.47 Å². The van der Waals surface area contributed by atoms with Crippen LogP contribution in [0.15, 0.2) is 51.8 Å². The van der Waals surface area contributed by atoms with Crippen molar-refractivity contribution < 1.29 is 13.5 Å². The zero-order chi connectivity index (χ0) is 14.0. The molecule has 0 heterocycles. The number of phenolic OH excluding ortho intramolecular Hbond substituents is 1. The highest BCUT2D eigenvalue weighted by Crippen LogP contribution is 2.26. The Morgan fingerprint density at radius 1 is 1.16 bits per heavy atom. The number of aromatic hydroxyl groups is 1. The van der Waals surface area contributed by atoms with Gasteiger partial charge in [-0.15, -0.1) is 0 Å². The number of rotatable bonds is 3. The van der Waals surface area contributed by atoms with Crippen molar-refractivity contribution in [3.63, 3.8) is 0 Å². The summed E-state index contributed by atoms with van der Waals surface area (Å²) in [6.07, 6.45) is 0. The molecule has 2 N–H and O–H groups in total. The van der Waals surface area contributed by atoms with E-state index in [1.807, 2.05) is 0 Å². The number of phenols is 1. The summed E-state index contributed by atoms with van der Waals surface area (Å²) in [5, 5.41) is 9.31. The van der Waals surface area contributed by atoms with Crippen molar-refractivity contribution in [3.05, 3.63) is 52.5 Å². The van der Waals surface area contributed by atoms with Gasteiger partial charge >= 0.3 is 0 Å². The van der Waals surface area contributed by atoms with Gasteiger partial charge in [-0.05, 0) is 58.7 Å². The molecule has 0 aliphatic rings. The third-order valence-electron chi connectivity index (χ3n) is 2.58. The van der Waals surface area contributed by atoms with E-state index in [1.165, 1.54) is 24.3 Å². The quantitative estimate of drug-likeness (QED) is 0.842. The largest absolute Gasteiger partial charge is 0.508 e. The molecule has 0 aromatic heterocycles. The topological polar surface area (TPSA) is 66.4 Å². The third-order valence-corrected chi connectivity index (χ3v) is 4.96. The van der Waals surface area contributed by atoms with Crippen LogP contribution in [-0.2, 0) is 10.0 Å². The van der Waals surface area contributed by atoms with Crippen molar-refractivity contribution >= 4 is 31.6 Å². The molecular formula is C13H12BrNO3S. The summed E-state index contributed by atoms with van der Waals surface area (Å²) >= 11 is 3.22. The summed E-state index contributed by atoms with van der Waals surface area (Å²) in [5.41, 5.74) is 1.09. The molecular weight excluding hydrogens is 330 g/mol.